The lowest BCUT2D eigenvalue weighted by atomic mass is 10.1. The molecule has 156 valence electrons. The van der Waals surface area contributed by atoms with Crippen LogP contribution >= 0.6 is 0 Å². The molecule has 1 heterocycles. The van der Waals surface area contributed by atoms with Gasteiger partial charge in [-0.1, -0.05) is 24.3 Å². The number of phenolic OH excluding ortho intramolecular Hbond substituents is 1. The van der Waals surface area contributed by atoms with Gasteiger partial charge >= 0.3 is 0 Å². The first-order valence-corrected chi connectivity index (χ1v) is 11.1. The number of quaternary nitrogens is 1. The van der Waals surface area contributed by atoms with E-state index in [1.165, 1.54) is 17.0 Å². The van der Waals surface area contributed by atoms with Gasteiger partial charge in [-0.3, -0.25) is 4.79 Å². The minimum absolute atomic E-state index is 0.00263. The molecule has 1 fully saturated rings. The molecule has 9 heteroatoms. The van der Waals surface area contributed by atoms with Gasteiger partial charge in [-0.2, -0.15) is 0 Å². The van der Waals surface area contributed by atoms with Crippen LogP contribution in [0.3, 0.4) is 0 Å². The fourth-order valence-electron chi connectivity index (χ4n) is 3.45. The van der Waals surface area contributed by atoms with Crippen LogP contribution in [0.4, 0.5) is 5.69 Å². The molecule has 1 aliphatic heterocycles. The zero-order chi connectivity index (χ0) is 20.9. The van der Waals surface area contributed by atoms with Gasteiger partial charge in [-0.05, 0) is 36.2 Å². The molecule has 3 rings (SSSR count). The number of amides is 1. The van der Waals surface area contributed by atoms with Crippen LogP contribution in [0.25, 0.3) is 0 Å². The summed E-state index contributed by atoms with van der Waals surface area (Å²) in [7, 11) is -3.68. The van der Waals surface area contributed by atoms with Crippen molar-refractivity contribution in [2.24, 2.45) is 5.14 Å². The molecular weight excluding hydrogens is 392 g/mol. The van der Waals surface area contributed by atoms with Crippen LogP contribution in [0.2, 0.25) is 0 Å². The molecule has 1 saturated heterocycles. The lowest BCUT2D eigenvalue weighted by Gasteiger charge is -2.33. The number of nitrogens with zero attached hydrogens (tertiary/aromatic N) is 1. The van der Waals surface area contributed by atoms with E-state index in [-0.39, 0.29) is 16.6 Å². The molecule has 8 nitrogen and oxygen atoms in total. The van der Waals surface area contributed by atoms with Crippen LogP contribution in [0.1, 0.15) is 5.56 Å². The Bertz CT molecular complexity index is 939. The first kappa shape index (κ1) is 21.1. The largest absolute Gasteiger partial charge is 0.506 e. The Morgan fingerprint density at radius 1 is 1.10 bits per heavy atom. The SMILES string of the molecule is NS(=O)(=O)c1ccc(CCNC(=O)C[NH+]2CCN(c3ccccc3O)CC2)cc1. The highest BCUT2D eigenvalue weighted by atomic mass is 32.2. The van der Waals surface area contributed by atoms with Crippen LogP contribution in [0.5, 0.6) is 5.75 Å². The lowest BCUT2D eigenvalue weighted by molar-refractivity contribution is -0.892. The molecule has 2 aromatic carbocycles. The monoisotopic (exact) mass is 419 g/mol. The van der Waals surface area contributed by atoms with Crippen molar-refractivity contribution in [3.8, 4) is 5.75 Å². The third-order valence-corrected chi connectivity index (χ3v) is 6.02. The van der Waals surface area contributed by atoms with Gasteiger partial charge in [0, 0.05) is 6.54 Å². The Morgan fingerprint density at radius 2 is 1.76 bits per heavy atom. The lowest BCUT2D eigenvalue weighted by Crippen LogP contribution is -3.16. The van der Waals surface area contributed by atoms with Crippen LogP contribution in [-0.2, 0) is 21.2 Å². The standard InChI is InChI=1S/C20H26N4O4S/c21-29(27,28)17-7-5-16(6-8-17)9-10-22-20(26)15-23-11-13-24(14-12-23)18-3-1-2-4-19(18)25/h1-8,25H,9-15H2,(H,22,26)(H2,21,27,28)/p+1. The Kier molecular flexibility index (Phi) is 6.73. The quantitative estimate of drug-likeness (QED) is 0.464. The summed E-state index contributed by atoms with van der Waals surface area (Å²) in [5.74, 6) is 0.281. The molecular formula is C20H27N4O4S+. The van der Waals surface area contributed by atoms with Gasteiger partial charge in [0.25, 0.3) is 5.91 Å². The molecule has 29 heavy (non-hydrogen) atoms. The number of anilines is 1. The number of sulfonamides is 1. The van der Waals surface area contributed by atoms with E-state index in [9.17, 15) is 18.3 Å². The van der Waals surface area contributed by atoms with Crippen molar-refractivity contribution in [3.05, 3.63) is 54.1 Å². The Labute approximate surface area is 171 Å². The topological polar surface area (TPSA) is 117 Å². The van der Waals surface area contributed by atoms with E-state index < -0.39 is 10.0 Å². The van der Waals surface area contributed by atoms with Crippen LogP contribution in [-0.4, -0.2) is 58.7 Å². The number of phenols is 1. The van der Waals surface area contributed by atoms with Crippen molar-refractivity contribution in [3.63, 3.8) is 0 Å². The third kappa shape index (κ3) is 5.93. The highest BCUT2D eigenvalue weighted by Crippen LogP contribution is 2.25. The van der Waals surface area contributed by atoms with Gasteiger partial charge in [0.2, 0.25) is 10.0 Å². The number of hydrogen-bond acceptors (Lipinski definition) is 5. The molecule has 1 aliphatic rings. The van der Waals surface area contributed by atoms with E-state index >= 15 is 0 Å². The molecule has 2 aromatic rings. The molecule has 0 atom stereocenters. The van der Waals surface area contributed by atoms with Crippen molar-refractivity contribution < 1.29 is 23.2 Å². The van der Waals surface area contributed by atoms with Crippen molar-refractivity contribution in [1.29, 1.82) is 0 Å². The van der Waals surface area contributed by atoms with E-state index in [4.69, 9.17) is 5.14 Å². The van der Waals surface area contributed by atoms with E-state index in [2.05, 4.69) is 10.2 Å². The maximum Gasteiger partial charge on any atom is 0.275 e. The summed E-state index contributed by atoms with van der Waals surface area (Å²) in [6.45, 7) is 4.14. The van der Waals surface area contributed by atoms with Gasteiger partial charge in [0.15, 0.2) is 6.54 Å². The van der Waals surface area contributed by atoms with Gasteiger partial charge in [-0.25, -0.2) is 13.6 Å². The van der Waals surface area contributed by atoms with E-state index in [0.717, 1.165) is 37.4 Å². The Balaban J connectivity index is 1.39. The summed E-state index contributed by atoms with van der Waals surface area (Å²) >= 11 is 0. The second kappa shape index (κ2) is 9.25. The van der Waals surface area contributed by atoms with E-state index in [1.807, 2.05) is 12.1 Å². The molecule has 0 unspecified atom stereocenters. The van der Waals surface area contributed by atoms with Gasteiger partial charge in [-0.15, -0.1) is 0 Å². The summed E-state index contributed by atoms with van der Waals surface area (Å²) in [5, 5.41) is 18.0. The number of nitrogens with two attached hydrogens (primary N) is 1. The molecule has 0 aliphatic carbocycles. The predicted octanol–water partition coefficient (Wildman–Crippen LogP) is -0.897. The maximum absolute atomic E-state index is 12.2. The second-order valence-electron chi connectivity index (χ2n) is 7.19. The minimum atomic E-state index is -3.68. The highest BCUT2D eigenvalue weighted by molar-refractivity contribution is 7.89. The zero-order valence-corrected chi connectivity index (χ0v) is 17.0. The van der Waals surface area contributed by atoms with Gasteiger partial charge < -0.3 is 20.2 Å². The molecule has 0 radical (unpaired) electrons. The predicted molar refractivity (Wildman–Crippen MR) is 110 cm³/mol. The molecule has 0 saturated carbocycles. The Morgan fingerprint density at radius 3 is 2.38 bits per heavy atom. The minimum Gasteiger partial charge on any atom is -0.506 e. The fourth-order valence-corrected chi connectivity index (χ4v) is 3.97. The van der Waals surface area contributed by atoms with E-state index in [1.54, 1.807) is 24.3 Å². The summed E-state index contributed by atoms with van der Waals surface area (Å²) in [6, 6.07) is 13.7. The van der Waals surface area contributed by atoms with Crippen molar-refractivity contribution in [2.75, 3.05) is 44.2 Å². The van der Waals surface area contributed by atoms with Crippen molar-refractivity contribution in [2.45, 2.75) is 11.3 Å². The summed E-state index contributed by atoms with van der Waals surface area (Å²) < 4.78 is 22.5. The number of piperazine rings is 1. The summed E-state index contributed by atoms with van der Waals surface area (Å²) in [4.78, 5) is 15.6. The fraction of sp³-hybridized carbons (Fsp3) is 0.350. The number of carbonyl (C=O) groups excluding carboxylic acids is 1. The van der Waals surface area contributed by atoms with Crippen molar-refractivity contribution in [1.82, 2.24) is 5.32 Å². The molecule has 0 aromatic heterocycles. The smallest absolute Gasteiger partial charge is 0.275 e. The first-order chi connectivity index (χ1) is 13.8. The Hall–Kier alpha value is -2.62. The zero-order valence-electron chi connectivity index (χ0n) is 16.2. The number of benzene rings is 2. The van der Waals surface area contributed by atoms with E-state index in [0.29, 0.717) is 19.5 Å². The molecule has 1 amide bonds. The highest BCUT2D eigenvalue weighted by Gasteiger charge is 2.23. The maximum atomic E-state index is 12.2. The number of nitrogens with one attached hydrogen (secondary N) is 2. The normalized spacial score (nSPS) is 15.3. The number of para-hydroxylation sites is 2. The average molecular weight is 420 g/mol. The summed E-state index contributed by atoms with van der Waals surface area (Å²) in [5.41, 5.74) is 1.77. The average Bonchev–Trinajstić information content (AvgIpc) is 2.69. The van der Waals surface area contributed by atoms with Crippen LogP contribution < -0.4 is 20.3 Å². The number of carbonyl (C=O) groups is 1. The van der Waals surface area contributed by atoms with Gasteiger partial charge in [0.1, 0.15) is 5.75 Å². The number of hydrogen-bond donors (Lipinski definition) is 4. The number of primary sulfonamides is 1. The molecule has 0 spiro atoms. The second-order valence-corrected chi connectivity index (χ2v) is 8.75. The number of aromatic hydroxyl groups is 1. The number of rotatable bonds is 7. The summed E-state index contributed by atoms with van der Waals surface area (Å²) in [6.07, 6.45) is 0.618. The van der Waals surface area contributed by atoms with Crippen molar-refractivity contribution >= 4 is 21.6 Å². The third-order valence-electron chi connectivity index (χ3n) is 5.09. The molecule has 0 bridgehead atoms. The van der Waals surface area contributed by atoms with Crippen LogP contribution in [0.15, 0.2) is 53.4 Å². The first-order valence-electron chi connectivity index (χ1n) is 9.58. The van der Waals surface area contributed by atoms with Gasteiger partial charge in [0.05, 0.1) is 36.8 Å². The molecule has 5 N–H and O–H groups in total. The van der Waals surface area contributed by atoms with Crippen LogP contribution in [0, 0.1) is 0 Å².